The quantitative estimate of drug-likeness (QED) is 0.284. The van der Waals surface area contributed by atoms with E-state index in [9.17, 15) is 9.59 Å². The topological polar surface area (TPSA) is 58.6 Å². The SMILES string of the molecule is Cc1ccc(CN(C(=O)COc2ccc(I)cc2)[C@@H](Cc2ccccc2)C(=O)NC2CCCCC2)cc1. The van der Waals surface area contributed by atoms with Gasteiger partial charge in [-0.2, -0.15) is 0 Å². The first-order valence-corrected chi connectivity index (χ1v) is 14.1. The fourth-order valence-electron chi connectivity index (χ4n) is 4.75. The molecule has 1 aliphatic rings. The van der Waals surface area contributed by atoms with Gasteiger partial charge in [0, 0.05) is 22.6 Å². The van der Waals surface area contributed by atoms with Crippen LogP contribution in [0, 0.1) is 10.5 Å². The molecule has 0 heterocycles. The summed E-state index contributed by atoms with van der Waals surface area (Å²) in [6, 6.07) is 25.2. The highest BCUT2D eigenvalue weighted by molar-refractivity contribution is 14.1. The van der Waals surface area contributed by atoms with E-state index in [0.717, 1.165) is 45.9 Å². The van der Waals surface area contributed by atoms with Crippen molar-refractivity contribution in [1.29, 1.82) is 0 Å². The third kappa shape index (κ3) is 8.32. The molecule has 3 aromatic rings. The molecule has 194 valence electrons. The summed E-state index contributed by atoms with van der Waals surface area (Å²) in [6.07, 6.45) is 5.90. The van der Waals surface area contributed by atoms with Crippen LogP contribution in [-0.2, 0) is 22.6 Å². The summed E-state index contributed by atoms with van der Waals surface area (Å²) < 4.78 is 6.96. The van der Waals surface area contributed by atoms with Crippen LogP contribution in [0.25, 0.3) is 0 Å². The minimum atomic E-state index is -0.640. The standard InChI is InChI=1S/C31H35IN2O3/c1-23-12-14-25(15-13-23)21-34(30(35)22-37-28-18-16-26(32)17-19-28)29(20-24-8-4-2-5-9-24)31(36)33-27-10-6-3-7-11-27/h2,4-5,8-9,12-19,27,29H,3,6-7,10-11,20-22H2,1H3,(H,33,36)/t29-/m0/s1. The second-order valence-corrected chi connectivity index (χ2v) is 11.0. The first-order valence-electron chi connectivity index (χ1n) is 13.1. The molecular weight excluding hydrogens is 575 g/mol. The number of nitrogens with zero attached hydrogens (tertiary/aromatic N) is 1. The van der Waals surface area contributed by atoms with Gasteiger partial charge in [0.2, 0.25) is 5.91 Å². The first-order chi connectivity index (χ1) is 18.0. The van der Waals surface area contributed by atoms with Crippen LogP contribution in [0.5, 0.6) is 5.75 Å². The van der Waals surface area contributed by atoms with Crippen LogP contribution >= 0.6 is 22.6 Å². The lowest BCUT2D eigenvalue weighted by Gasteiger charge is -2.33. The molecule has 1 fully saturated rings. The Morgan fingerprint density at radius 1 is 0.919 bits per heavy atom. The van der Waals surface area contributed by atoms with E-state index in [2.05, 4.69) is 27.9 Å². The van der Waals surface area contributed by atoms with E-state index in [-0.39, 0.29) is 24.5 Å². The molecule has 1 aliphatic carbocycles. The molecule has 37 heavy (non-hydrogen) atoms. The van der Waals surface area contributed by atoms with E-state index >= 15 is 0 Å². The van der Waals surface area contributed by atoms with E-state index in [1.54, 1.807) is 4.90 Å². The van der Waals surface area contributed by atoms with Crippen molar-refractivity contribution < 1.29 is 14.3 Å². The molecule has 0 aliphatic heterocycles. The molecule has 1 N–H and O–H groups in total. The summed E-state index contributed by atoms with van der Waals surface area (Å²) in [6.45, 7) is 2.25. The summed E-state index contributed by atoms with van der Waals surface area (Å²) in [5, 5.41) is 3.27. The van der Waals surface area contributed by atoms with Gasteiger partial charge in [0.1, 0.15) is 11.8 Å². The van der Waals surface area contributed by atoms with E-state index in [1.807, 2.05) is 85.8 Å². The average molecular weight is 611 g/mol. The lowest BCUT2D eigenvalue weighted by molar-refractivity contribution is -0.143. The fraction of sp³-hybridized carbons (Fsp3) is 0.355. The van der Waals surface area contributed by atoms with Gasteiger partial charge in [0.15, 0.2) is 6.61 Å². The minimum absolute atomic E-state index is 0.0921. The van der Waals surface area contributed by atoms with Crippen molar-refractivity contribution in [3.63, 3.8) is 0 Å². The smallest absolute Gasteiger partial charge is 0.261 e. The van der Waals surface area contributed by atoms with Crippen molar-refractivity contribution >= 4 is 34.4 Å². The number of amides is 2. The number of nitrogens with one attached hydrogen (secondary N) is 1. The van der Waals surface area contributed by atoms with Crippen LogP contribution in [-0.4, -0.2) is 35.4 Å². The monoisotopic (exact) mass is 610 g/mol. The van der Waals surface area contributed by atoms with Crippen LogP contribution in [0.3, 0.4) is 0 Å². The number of rotatable bonds is 10. The molecule has 0 saturated heterocycles. The van der Waals surface area contributed by atoms with Gasteiger partial charge in [-0.05, 0) is 77.7 Å². The number of hydrogen-bond donors (Lipinski definition) is 1. The Kier molecular flexibility index (Phi) is 9.99. The average Bonchev–Trinajstić information content (AvgIpc) is 2.92. The Morgan fingerprint density at radius 3 is 2.27 bits per heavy atom. The Hall–Kier alpha value is -2.87. The molecule has 1 atom stereocenters. The largest absolute Gasteiger partial charge is 0.484 e. The maximum atomic E-state index is 13.8. The van der Waals surface area contributed by atoms with Crippen molar-refractivity contribution in [2.75, 3.05) is 6.61 Å². The molecule has 0 unspecified atom stereocenters. The molecular formula is C31H35IN2O3. The number of ether oxygens (including phenoxy) is 1. The number of hydrogen-bond acceptors (Lipinski definition) is 3. The predicted molar refractivity (Wildman–Crippen MR) is 155 cm³/mol. The molecule has 4 rings (SSSR count). The van der Waals surface area contributed by atoms with Crippen LogP contribution in [0.4, 0.5) is 0 Å². The zero-order valence-electron chi connectivity index (χ0n) is 21.4. The van der Waals surface area contributed by atoms with Gasteiger partial charge >= 0.3 is 0 Å². The van der Waals surface area contributed by atoms with Crippen molar-refractivity contribution in [3.05, 3.63) is 99.1 Å². The van der Waals surface area contributed by atoms with Crippen molar-refractivity contribution in [2.45, 2.75) is 64.1 Å². The van der Waals surface area contributed by atoms with Crippen LogP contribution < -0.4 is 10.1 Å². The maximum absolute atomic E-state index is 13.8. The maximum Gasteiger partial charge on any atom is 0.261 e. The van der Waals surface area contributed by atoms with Crippen LogP contribution in [0.2, 0.25) is 0 Å². The van der Waals surface area contributed by atoms with Gasteiger partial charge in [-0.25, -0.2) is 0 Å². The lowest BCUT2D eigenvalue weighted by atomic mass is 9.94. The number of carbonyl (C=O) groups is 2. The van der Waals surface area contributed by atoms with E-state index in [0.29, 0.717) is 18.7 Å². The van der Waals surface area contributed by atoms with Gasteiger partial charge < -0.3 is 15.0 Å². The van der Waals surface area contributed by atoms with E-state index in [1.165, 1.54) is 6.42 Å². The summed E-state index contributed by atoms with van der Waals surface area (Å²) >= 11 is 2.24. The molecule has 0 spiro atoms. The molecule has 1 saturated carbocycles. The van der Waals surface area contributed by atoms with Crippen molar-refractivity contribution in [1.82, 2.24) is 10.2 Å². The van der Waals surface area contributed by atoms with Crippen molar-refractivity contribution in [3.8, 4) is 5.75 Å². The van der Waals surface area contributed by atoms with Gasteiger partial charge in [-0.15, -0.1) is 0 Å². The van der Waals surface area contributed by atoms with E-state index < -0.39 is 6.04 Å². The summed E-state index contributed by atoms with van der Waals surface area (Å²) in [7, 11) is 0. The fourth-order valence-corrected chi connectivity index (χ4v) is 5.11. The minimum Gasteiger partial charge on any atom is -0.484 e. The Bertz CT molecular complexity index is 1140. The van der Waals surface area contributed by atoms with Gasteiger partial charge in [-0.1, -0.05) is 79.4 Å². The highest BCUT2D eigenvalue weighted by Crippen LogP contribution is 2.20. The normalized spacial score (nSPS) is 14.5. The number of aryl methyl sites for hydroxylation is 1. The number of halogens is 1. The molecule has 5 nitrogen and oxygen atoms in total. The lowest BCUT2D eigenvalue weighted by Crippen LogP contribution is -2.53. The number of benzene rings is 3. The highest BCUT2D eigenvalue weighted by atomic mass is 127. The Morgan fingerprint density at radius 2 is 1.59 bits per heavy atom. The molecule has 6 heteroatoms. The highest BCUT2D eigenvalue weighted by Gasteiger charge is 2.32. The predicted octanol–water partition coefficient (Wildman–Crippen LogP) is 6.07. The zero-order chi connectivity index (χ0) is 26.0. The third-order valence-corrected chi connectivity index (χ3v) is 7.59. The molecule has 0 bridgehead atoms. The van der Waals surface area contributed by atoms with Crippen molar-refractivity contribution in [2.24, 2.45) is 0 Å². The molecule has 2 amide bonds. The summed E-state index contributed by atoms with van der Waals surface area (Å²) in [5.74, 6) is 0.333. The third-order valence-electron chi connectivity index (χ3n) is 6.87. The Balaban J connectivity index is 1.59. The Labute approximate surface area is 233 Å². The van der Waals surface area contributed by atoms with E-state index in [4.69, 9.17) is 4.74 Å². The number of carbonyl (C=O) groups excluding carboxylic acids is 2. The van der Waals surface area contributed by atoms with Crippen LogP contribution in [0.1, 0.15) is 48.8 Å². The summed E-state index contributed by atoms with van der Waals surface area (Å²) in [4.78, 5) is 29.2. The zero-order valence-corrected chi connectivity index (χ0v) is 23.5. The van der Waals surface area contributed by atoms with Gasteiger partial charge in [0.05, 0.1) is 0 Å². The second kappa shape index (κ2) is 13.6. The van der Waals surface area contributed by atoms with Crippen LogP contribution in [0.15, 0.2) is 78.9 Å². The first kappa shape index (κ1) is 27.2. The molecule has 3 aromatic carbocycles. The van der Waals surface area contributed by atoms with Gasteiger partial charge in [-0.3, -0.25) is 9.59 Å². The second-order valence-electron chi connectivity index (χ2n) is 9.80. The summed E-state index contributed by atoms with van der Waals surface area (Å²) in [5.41, 5.74) is 3.16. The molecule has 0 radical (unpaired) electrons. The van der Waals surface area contributed by atoms with Gasteiger partial charge in [0.25, 0.3) is 5.91 Å². The molecule has 0 aromatic heterocycles.